The van der Waals surface area contributed by atoms with Gasteiger partial charge in [0.25, 0.3) is 0 Å². The van der Waals surface area contributed by atoms with Crippen molar-refractivity contribution in [3.63, 3.8) is 0 Å². The summed E-state index contributed by atoms with van der Waals surface area (Å²) < 4.78 is 23.4. The molecule has 134 valence electrons. The molecule has 2 aromatic carbocycles. The summed E-state index contributed by atoms with van der Waals surface area (Å²) >= 11 is 0. The maximum atomic E-state index is 12.3. The fourth-order valence-electron chi connectivity index (χ4n) is 2.29. The summed E-state index contributed by atoms with van der Waals surface area (Å²) in [6.45, 7) is 1.10. The number of carbonyl (C=O) groups is 1. The lowest BCUT2D eigenvalue weighted by Crippen LogP contribution is -2.46. The summed E-state index contributed by atoms with van der Waals surface area (Å²) in [6.07, 6.45) is 0.0548. The van der Waals surface area contributed by atoms with E-state index in [9.17, 15) is 14.3 Å². The second-order valence-corrected chi connectivity index (χ2v) is 5.98. The zero-order valence-electron chi connectivity index (χ0n) is 14.1. The van der Waals surface area contributed by atoms with E-state index in [1.807, 2.05) is 30.3 Å². The Balaban J connectivity index is 2.22. The van der Waals surface area contributed by atoms with Crippen molar-refractivity contribution in [1.29, 1.82) is 0 Å². The van der Waals surface area contributed by atoms with Crippen molar-refractivity contribution < 1.29 is 23.8 Å². The van der Waals surface area contributed by atoms with Crippen LogP contribution >= 0.6 is 0 Å². The third-order valence-electron chi connectivity index (χ3n) is 3.66. The van der Waals surface area contributed by atoms with Crippen LogP contribution in [0.5, 0.6) is 11.5 Å². The number of carboxylic acids is 1. The van der Waals surface area contributed by atoms with Gasteiger partial charge < -0.3 is 20.3 Å². The second-order valence-electron chi connectivity index (χ2n) is 5.98. The number of hydrogen-bond acceptors (Lipinski definition) is 4. The van der Waals surface area contributed by atoms with E-state index in [0.717, 1.165) is 5.56 Å². The molecule has 0 aliphatic rings. The highest BCUT2D eigenvalue weighted by atomic mass is 19.1. The molecule has 1 atom stereocenters. The fourth-order valence-corrected chi connectivity index (χ4v) is 2.29. The Hall–Kier alpha value is -2.60. The minimum absolute atomic E-state index is 0.0548. The third-order valence-corrected chi connectivity index (χ3v) is 3.66. The molecule has 0 aromatic heterocycles. The average molecular weight is 347 g/mol. The molecule has 0 aliphatic carbocycles. The molecule has 0 saturated carbocycles. The average Bonchev–Trinajstić information content (AvgIpc) is 2.59. The third kappa shape index (κ3) is 5.46. The fraction of sp³-hybridized carbons (Fsp3) is 0.316. The zero-order chi connectivity index (χ0) is 18.3. The molecule has 0 fully saturated rings. The summed E-state index contributed by atoms with van der Waals surface area (Å²) in [5.74, 6) is -0.146. The number of alkyl halides is 1. The van der Waals surface area contributed by atoms with Gasteiger partial charge >= 0.3 is 5.97 Å². The molecule has 3 N–H and O–H groups in total. The summed E-state index contributed by atoms with van der Waals surface area (Å²) in [4.78, 5) is 11.3. The van der Waals surface area contributed by atoms with E-state index >= 15 is 0 Å². The highest BCUT2D eigenvalue weighted by molar-refractivity contribution is 5.78. The van der Waals surface area contributed by atoms with Gasteiger partial charge in [0.2, 0.25) is 0 Å². The maximum absolute atomic E-state index is 12.3. The summed E-state index contributed by atoms with van der Waals surface area (Å²) in [6, 6.07) is 14.6. The van der Waals surface area contributed by atoms with E-state index in [1.54, 1.807) is 18.2 Å². The van der Waals surface area contributed by atoms with Crippen LogP contribution in [0.1, 0.15) is 18.1 Å². The van der Waals surface area contributed by atoms with Gasteiger partial charge in [-0.3, -0.25) is 4.79 Å². The molecule has 0 bridgehead atoms. The van der Waals surface area contributed by atoms with Crippen molar-refractivity contribution in [3.05, 3.63) is 59.7 Å². The van der Waals surface area contributed by atoms with E-state index in [1.165, 1.54) is 6.92 Å². The highest BCUT2D eigenvalue weighted by Gasteiger charge is 2.29. The minimum Gasteiger partial charge on any atom is -0.491 e. The Morgan fingerprint density at radius 2 is 1.92 bits per heavy atom. The van der Waals surface area contributed by atoms with Gasteiger partial charge in [-0.2, -0.15) is 0 Å². The lowest BCUT2D eigenvalue weighted by molar-refractivity contribution is -0.142. The Morgan fingerprint density at radius 3 is 2.56 bits per heavy atom. The first-order chi connectivity index (χ1) is 11.9. The van der Waals surface area contributed by atoms with Gasteiger partial charge in [0.05, 0.1) is 0 Å². The van der Waals surface area contributed by atoms with E-state index in [-0.39, 0.29) is 13.0 Å². The molecule has 0 spiro atoms. The molecule has 0 saturated heterocycles. The largest absolute Gasteiger partial charge is 0.491 e. The molecule has 0 radical (unpaired) electrons. The van der Waals surface area contributed by atoms with Crippen molar-refractivity contribution in [3.8, 4) is 11.5 Å². The van der Waals surface area contributed by atoms with Crippen molar-refractivity contribution in [1.82, 2.24) is 0 Å². The van der Waals surface area contributed by atoms with Crippen LogP contribution < -0.4 is 15.2 Å². The van der Waals surface area contributed by atoms with Crippen molar-refractivity contribution in [2.45, 2.75) is 25.5 Å². The Morgan fingerprint density at radius 1 is 1.20 bits per heavy atom. The maximum Gasteiger partial charge on any atom is 0.323 e. The van der Waals surface area contributed by atoms with Gasteiger partial charge in [-0.05, 0) is 30.7 Å². The topological polar surface area (TPSA) is 81.8 Å². The number of benzene rings is 2. The van der Waals surface area contributed by atoms with Gasteiger partial charge in [0.15, 0.2) is 0 Å². The van der Waals surface area contributed by atoms with Crippen LogP contribution in [0.4, 0.5) is 4.39 Å². The summed E-state index contributed by atoms with van der Waals surface area (Å²) in [5, 5.41) is 9.27. The lowest BCUT2D eigenvalue weighted by Gasteiger charge is -2.21. The minimum atomic E-state index is -1.45. The summed E-state index contributed by atoms with van der Waals surface area (Å²) in [7, 11) is 0. The van der Waals surface area contributed by atoms with Crippen LogP contribution in [-0.4, -0.2) is 29.9 Å². The Kier molecular flexibility index (Phi) is 6.36. The first-order valence-electron chi connectivity index (χ1n) is 7.93. The van der Waals surface area contributed by atoms with Crippen molar-refractivity contribution in [2.75, 3.05) is 13.3 Å². The number of aliphatic carboxylic acids is 1. The second kappa shape index (κ2) is 8.48. The zero-order valence-corrected chi connectivity index (χ0v) is 14.1. The molecule has 1 unspecified atom stereocenters. The van der Waals surface area contributed by atoms with Crippen LogP contribution in [0.25, 0.3) is 0 Å². The standard InChI is InChI=1S/C19H22FNO4/c1-19(21,18(22)23)12-15-11-16(24-10-9-20)7-8-17(15)25-13-14-5-3-2-4-6-14/h2-8,11H,9-10,12-13,21H2,1H3,(H,22,23). The monoisotopic (exact) mass is 347 g/mol. The first kappa shape index (κ1) is 18.7. The van der Waals surface area contributed by atoms with E-state index in [0.29, 0.717) is 23.7 Å². The van der Waals surface area contributed by atoms with Crippen LogP contribution in [-0.2, 0) is 17.8 Å². The highest BCUT2D eigenvalue weighted by Crippen LogP contribution is 2.28. The van der Waals surface area contributed by atoms with E-state index in [2.05, 4.69) is 0 Å². The van der Waals surface area contributed by atoms with Gasteiger partial charge in [-0.25, -0.2) is 4.39 Å². The Labute approximate surface area is 146 Å². The predicted molar refractivity (Wildman–Crippen MR) is 92.6 cm³/mol. The molecule has 0 aliphatic heterocycles. The molecular weight excluding hydrogens is 325 g/mol. The predicted octanol–water partition coefficient (Wildman–Crippen LogP) is 2.96. The molecule has 2 rings (SSSR count). The number of rotatable bonds is 9. The molecule has 0 heterocycles. The molecule has 0 amide bonds. The Bertz CT molecular complexity index is 704. The van der Waals surface area contributed by atoms with E-state index < -0.39 is 18.2 Å². The summed E-state index contributed by atoms with van der Waals surface area (Å²) in [5.41, 5.74) is 5.99. The molecule has 2 aromatic rings. The lowest BCUT2D eigenvalue weighted by atomic mass is 9.93. The van der Waals surface area contributed by atoms with Gasteiger partial charge in [-0.15, -0.1) is 0 Å². The molecular formula is C19H22FNO4. The smallest absolute Gasteiger partial charge is 0.323 e. The number of nitrogens with two attached hydrogens (primary N) is 1. The van der Waals surface area contributed by atoms with Gasteiger partial charge in [-0.1, -0.05) is 30.3 Å². The van der Waals surface area contributed by atoms with Crippen LogP contribution in [0.15, 0.2) is 48.5 Å². The van der Waals surface area contributed by atoms with Gasteiger partial charge in [0, 0.05) is 12.0 Å². The number of hydrogen-bond donors (Lipinski definition) is 2. The number of ether oxygens (including phenoxy) is 2. The number of carboxylic acid groups (broad SMARTS) is 1. The quantitative estimate of drug-likeness (QED) is 0.729. The van der Waals surface area contributed by atoms with Crippen molar-refractivity contribution in [2.24, 2.45) is 5.73 Å². The van der Waals surface area contributed by atoms with E-state index in [4.69, 9.17) is 15.2 Å². The molecule has 25 heavy (non-hydrogen) atoms. The molecule has 5 nitrogen and oxygen atoms in total. The normalized spacial score (nSPS) is 13.1. The first-order valence-corrected chi connectivity index (χ1v) is 7.93. The van der Waals surface area contributed by atoms with Crippen LogP contribution in [0.3, 0.4) is 0 Å². The van der Waals surface area contributed by atoms with Crippen LogP contribution in [0.2, 0.25) is 0 Å². The van der Waals surface area contributed by atoms with Crippen LogP contribution in [0, 0.1) is 0 Å². The molecule has 6 heteroatoms. The van der Waals surface area contributed by atoms with Gasteiger partial charge in [0.1, 0.15) is 36.9 Å². The SMILES string of the molecule is CC(N)(Cc1cc(OCCF)ccc1OCc1ccccc1)C(=O)O. The van der Waals surface area contributed by atoms with Crippen molar-refractivity contribution >= 4 is 5.97 Å². The number of halogens is 1.